The zero-order valence-corrected chi connectivity index (χ0v) is 25.3. The van der Waals surface area contributed by atoms with E-state index in [0.717, 1.165) is 54.5 Å². The molecule has 0 saturated heterocycles. The number of ether oxygens (including phenoxy) is 1. The number of carbonyl (C=O) groups is 3. The van der Waals surface area contributed by atoms with Gasteiger partial charge in [0.05, 0.1) is 0 Å². The molecule has 2 rings (SSSR count). The predicted molar refractivity (Wildman–Crippen MR) is 163 cm³/mol. The maximum Gasteiger partial charge on any atom is 0.408 e. The molecule has 218 valence electrons. The van der Waals surface area contributed by atoms with Gasteiger partial charge in [-0.05, 0) is 76.3 Å². The molecule has 3 amide bonds. The van der Waals surface area contributed by atoms with Crippen LogP contribution in [-0.2, 0) is 14.3 Å². The first-order valence-corrected chi connectivity index (χ1v) is 14.3. The molecule has 0 radical (unpaired) electrons. The highest BCUT2D eigenvalue weighted by atomic mass is 16.6. The van der Waals surface area contributed by atoms with Crippen molar-refractivity contribution in [1.29, 1.82) is 0 Å². The molecule has 0 bridgehead atoms. The van der Waals surface area contributed by atoms with Crippen LogP contribution in [0.3, 0.4) is 0 Å². The summed E-state index contributed by atoms with van der Waals surface area (Å²) in [6.45, 7) is 17.2. The number of hydrogen-bond acceptors (Lipinski definition) is 4. The van der Waals surface area contributed by atoms with Crippen molar-refractivity contribution in [2.75, 3.05) is 11.9 Å². The number of nitrogens with one attached hydrogen (secondary N) is 2. The van der Waals surface area contributed by atoms with E-state index in [-0.39, 0.29) is 11.8 Å². The van der Waals surface area contributed by atoms with Gasteiger partial charge in [-0.3, -0.25) is 9.59 Å². The highest BCUT2D eigenvalue weighted by molar-refractivity contribution is 5.99. The molecular weight excluding hydrogens is 502 g/mol. The SMILES string of the molecule is C=Cc1cccc(C(C(=O)Nc2c(C)cccc2C)N(CCCCCCC)C(=O)C(C)NC(=O)OC(C)(C)C)c1. The maximum absolute atomic E-state index is 14.1. The van der Waals surface area contributed by atoms with Crippen LogP contribution in [-0.4, -0.2) is 41.0 Å². The third-order valence-corrected chi connectivity index (χ3v) is 6.64. The molecule has 2 aromatic carbocycles. The Labute approximate surface area is 240 Å². The first kappa shape index (κ1) is 32.6. The van der Waals surface area contributed by atoms with E-state index in [1.165, 1.54) is 0 Å². The fraction of sp³-hybridized carbons (Fsp3) is 0.485. The molecule has 7 heteroatoms. The molecule has 0 aliphatic heterocycles. The zero-order chi connectivity index (χ0) is 29.9. The number of unbranched alkanes of at least 4 members (excludes halogenated alkanes) is 4. The van der Waals surface area contributed by atoms with Crippen molar-refractivity contribution in [2.24, 2.45) is 0 Å². The van der Waals surface area contributed by atoms with E-state index < -0.39 is 23.8 Å². The molecule has 2 aromatic rings. The first-order valence-electron chi connectivity index (χ1n) is 14.3. The Balaban J connectivity index is 2.50. The number of hydrogen-bond donors (Lipinski definition) is 2. The van der Waals surface area contributed by atoms with Crippen molar-refractivity contribution >= 4 is 29.7 Å². The summed E-state index contributed by atoms with van der Waals surface area (Å²) in [7, 11) is 0. The number of benzene rings is 2. The van der Waals surface area contributed by atoms with Crippen LogP contribution in [0.5, 0.6) is 0 Å². The maximum atomic E-state index is 14.1. The Hall–Kier alpha value is -3.61. The number of anilines is 1. The zero-order valence-electron chi connectivity index (χ0n) is 25.3. The molecule has 2 atom stereocenters. The molecule has 7 nitrogen and oxygen atoms in total. The Kier molecular flexibility index (Phi) is 12.4. The highest BCUT2D eigenvalue weighted by Crippen LogP contribution is 2.28. The number of amides is 3. The number of nitrogens with zero attached hydrogens (tertiary/aromatic N) is 1. The molecule has 0 heterocycles. The van der Waals surface area contributed by atoms with E-state index >= 15 is 0 Å². The normalized spacial score (nSPS) is 12.7. The Morgan fingerprint density at radius 3 is 2.23 bits per heavy atom. The quantitative estimate of drug-likeness (QED) is 0.256. The molecule has 0 spiro atoms. The molecule has 0 saturated carbocycles. The molecule has 0 aliphatic carbocycles. The number of carbonyl (C=O) groups excluding carboxylic acids is 3. The lowest BCUT2D eigenvalue weighted by Gasteiger charge is -2.34. The molecular formula is C33H47N3O4. The van der Waals surface area contributed by atoms with E-state index in [2.05, 4.69) is 24.1 Å². The lowest BCUT2D eigenvalue weighted by molar-refractivity contribution is -0.140. The van der Waals surface area contributed by atoms with Crippen molar-refractivity contribution < 1.29 is 19.1 Å². The van der Waals surface area contributed by atoms with E-state index in [9.17, 15) is 14.4 Å². The van der Waals surface area contributed by atoms with Gasteiger partial charge in [-0.15, -0.1) is 0 Å². The van der Waals surface area contributed by atoms with Gasteiger partial charge in [0.15, 0.2) is 0 Å². The Morgan fingerprint density at radius 2 is 1.62 bits per heavy atom. The monoisotopic (exact) mass is 549 g/mol. The van der Waals surface area contributed by atoms with Crippen LogP contribution >= 0.6 is 0 Å². The van der Waals surface area contributed by atoms with Crippen LogP contribution in [0.2, 0.25) is 0 Å². The van der Waals surface area contributed by atoms with E-state index in [0.29, 0.717) is 12.1 Å². The van der Waals surface area contributed by atoms with Gasteiger partial charge in [0.25, 0.3) is 5.91 Å². The fourth-order valence-corrected chi connectivity index (χ4v) is 4.58. The summed E-state index contributed by atoms with van der Waals surface area (Å²) in [5.74, 6) is -0.669. The third kappa shape index (κ3) is 9.85. The summed E-state index contributed by atoms with van der Waals surface area (Å²) >= 11 is 0. The van der Waals surface area contributed by atoms with Crippen LogP contribution in [0.15, 0.2) is 49.0 Å². The van der Waals surface area contributed by atoms with Crippen molar-refractivity contribution in [1.82, 2.24) is 10.2 Å². The summed E-state index contributed by atoms with van der Waals surface area (Å²) in [6, 6.07) is 11.5. The lowest BCUT2D eigenvalue weighted by Crippen LogP contribution is -2.51. The van der Waals surface area contributed by atoms with Crippen molar-refractivity contribution in [3.05, 3.63) is 71.3 Å². The van der Waals surface area contributed by atoms with E-state index in [1.54, 1.807) is 38.7 Å². The van der Waals surface area contributed by atoms with E-state index in [1.807, 2.05) is 56.3 Å². The van der Waals surface area contributed by atoms with Crippen LogP contribution in [0.1, 0.15) is 95.0 Å². The Bertz CT molecular complexity index is 1150. The number of para-hydroxylation sites is 1. The molecule has 0 fully saturated rings. The van der Waals surface area contributed by atoms with Crippen LogP contribution < -0.4 is 10.6 Å². The second-order valence-electron chi connectivity index (χ2n) is 11.3. The van der Waals surface area contributed by atoms with E-state index in [4.69, 9.17) is 4.74 Å². The molecule has 40 heavy (non-hydrogen) atoms. The highest BCUT2D eigenvalue weighted by Gasteiger charge is 2.35. The Morgan fingerprint density at radius 1 is 1.00 bits per heavy atom. The third-order valence-electron chi connectivity index (χ3n) is 6.64. The minimum absolute atomic E-state index is 0.315. The minimum Gasteiger partial charge on any atom is -0.444 e. The average Bonchev–Trinajstić information content (AvgIpc) is 2.88. The van der Waals surface area contributed by atoms with Crippen LogP contribution in [0, 0.1) is 13.8 Å². The van der Waals surface area contributed by atoms with Gasteiger partial charge in [0, 0.05) is 12.2 Å². The largest absolute Gasteiger partial charge is 0.444 e. The predicted octanol–water partition coefficient (Wildman–Crippen LogP) is 7.34. The summed E-state index contributed by atoms with van der Waals surface area (Å²) in [5, 5.41) is 5.76. The van der Waals surface area contributed by atoms with Gasteiger partial charge < -0.3 is 20.3 Å². The minimum atomic E-state index is -0.916. The smallest absolute Gasteiger partial charge is 0.408 e. The topological polar surface area (TPSA) is 87.7 Å². The van der Waals surface area contributed by atoms with Gasteiger partial charge in [-0.1, -0.05) is 81.7 Å². The average molecular weight is 550 g/mol. The van der Waals surface area contributed by atoms with Crippen LogP contribution in [0.25, 0.3) is 6.08 Å². The molecule has 2 N–H and O–H groups in total. The second kappa shape index (κ2) is 15.2. The van der Waals surface area contributed by atoms with Crippen molar-refractivity contribution in [2.45, 2.75) is 98.3 Å². The molecule has 0 aromatic heterocycles. The first-order chi connectivity index (χ1) is 18.9. The number of rotatable bonds is 13. The standard InChI is InChI=1S/C33H47N3O4/c1-9-11-12-13-14-21-36(31(38)25(5)34-32(39)40-33(6,7)8)29(27-20-16-19-26(10-2)22-27)30(37)35-28-23(3)17-15-18-24(28)4/h10,15-20,22,25,29H,2,9,11-14,21H2,1,3-8H3,(H,34,39)(H,35,37). The van der Waals surface area contributed by atoms with Crippen molar-refractivity contribution in [3.63, 3.8) is 0 Å². The van der Waals surface area contributed by atoms with Gasteiger partial charge >= 0.3 is 6.09 Å². The fourth-order valence-electron chi connectivity index (χ4n) is 4.58. The number of aryl methyl sites for hydroxylation is 2. The summed E-state index contributed by atoms with van der Waals surface area (Å²) in [4.78, 5) is 42.2. The second-order valence-corrected chi connectivity index (χ2v) is 11.3. The summed E-state index contributed by atoms with van der Waals surface area (Å²) in [5.41, 5.74) is 3.41. The van der Waals surface area contributed by atoms with Gasteiger partial charge in [0.1, 0.15) is 17.7 Å². The van der Waals surface area contributed by atoms with Gasteiger partial charge in [-0.2, -0.15) is 0 Å². The lowest BCUT2D eigenvalue weighted by atomic mass is 9.99. The van der Waals surface area contributed by atoms with Crippen molar-refractivity contribution in [3.8, 4) is 0 Å². The van der Waals surface area contributed by atoms with Gasteiger partial charge in [0.2, 0.25) is 5.91 Å². The number of alkyl carbamates (subject to hydrolysis) is 1. The summed E-state index contributed by atoms with van der Waals surface area (Å²) in [6.07, 6.45) is 5.98. The summed E-state index contributed by atoms with van der Waals surface area (Å²) < 4.78 is 5.38. The van der Waals surface area contributed by atoms with Gasteiger partial charge in [-0.25, -0.2) is 4.79 Å². The molecule has 0 aliphatic rings. The van der Waals surface area contributed by atoms with Crippen LogP contribution in [0.4, 0.5) is 10.5 Å². The molecule has 2 unspecified atom stereocenters.